The number of hydrogen-bond donors (Lipinski definition) is 2. The minimum Gasteiger partial charge on any atom is -0.492 e. The summed E-state index contributed by atoms with van der Waals surface area (Å²) in [5, 5.41) is 5.55. The molecule has 1 aliphatic rings. The molecule has 5 heteroatoms. The second-order valence-corrected chi connectivity index (χ2v) is 5.35. The van der Waals surface area contributed by atoms with E-state index in [0.29, 0.717) is 25.4 Å². The average molecular weight is 306 g/mol. The third-order valence-electron chi connectivity index (χ3n) is 3.57. The Morgan fingerprint density at radius 1 is 1.23 bits per heavy atom. The molecule has 1 aliphatic carbocycles. The summed E-state index contributed by atoms with van der Waals surface area (Å²) in [5.41, 5.74) is 1.45. The van der Waals surface area contributed by atoms with Crippen LogP contribution in [0.15, 0.2) is 35.9 Å². The first-order valence-electron chi connectivity index (χ1n) is 7.82. The van der Waals surface area contributed by atoms with E-state index in [1.54, 1.807) is 12.1 Å². The number of carbonyl (C=O) groups is 1. The van der Waals surface area contributed by atoms with Gasteiger partial charge >= 0.3 is 6.03 Å². The molecule has 0 spiro atoms. The van der Waals surface area contributed by atoms with Crippen LogP contribution in [0.4, 0.5) is 9.18 Å². The second-order valence-electron chi connectivity index (χ2n) is 5.35. The quantitative estimate of drug-likeness (QED) is 0.599. The van der Waals surface area contributed by atoms with Gasteiger partial charge in [-0.15, -0.1) is 0 Å². The highest BCUT2D eigenvalue weighted by Crippen LogP contribution is 2.19. The average Bonchev–Trinajstić information content (AvgIpc) is 2.53. The van der Waals surface area contributed by atoms with E-state index in [-0.39, 0.29) is 11.8 Å². The molecule has 0 heterocycles. The minimum atomic E-state index is -0.333. The molecule has 0 saturated carbocycles. The van der Waals surface area contributed by atoms with Crippen molar-refractivity contribution in [2.24, 2.45) is 0 Å². The summed E-state index contributed by atoms with van der Waals surface area (Å²) in [6.07, 6.45) is 8.07. The first-order valence-corrected chi connectivity index (χ1v) is 7.82. The van der Waals surface area contributed by atoms with Gasteiger partial charge in [0.25, 0.3) is 0 Å². The minimum absolute atomic E-state index is 0.195. The predicted octanol–water partition coefficient (Wildman–Crippen LogP) is 3.39. The van der Waals surface area contributed by atoms with Crippen molar-refractivity contribution in [1.82, 2.24) is 10.6 Å². The number of benzene rings is 1. The Morgan fingerprint density at radius 2 is 2.09 bits per heavy atom. The van der Waals surface area contributed by atoms with E-state index in [0.717, 1.165) is 12.8 Å². The summed E-state index contributed by atoms with van der Waals surface area (Å²) in [6.45, 7) is 1.34. The maximum Gasteiger partial charge on any atom is 0.314 e. The Kier molecular flexibility index (Phi) is 6.74. The van der Waals surface area contributed by atoms with Crippen molar-refractivity contribution in [1.29, 1.82) is 0 Å². The summed E-state index contributed by atoms with van der Waals surface area (Å²) >= 11 is 0. The monoisotopic (exact) mass is 306 g/mol. The van der Waals surface area contributed by atoms with E-state index in [4.69, 9.17) is 4.74 Å². The summed E-state index contributed by atoms with van der Waals surface area (Å²) in [7, 11) is 0. The molecule has 0 unspecified atom stereocenters. The molecule has 0 atom stereocenters. The highest BCUT2D eigenvalue weighted by molar-refractivity contribution is 5.73. The normalized spacial score (nSPS) is 14.1. The topological polar surface area (TPSA) is 50.4 Å². The van der Waals surface area contributed by atoms with Crippen LogP contribution in [-0.2, 0) is 0 Å². The molecule has 0 fully saturated rings. The van der Waals surface area contributed by atoms with Gasteiger partial charge in [-0.1, -0.05) is 17.7 Å². The van der Waals surface area contributed by atoms with E-state index >= 15 is 0 Å². The van der Waals surface area contributed by atoms with Crippen molar-refractivity contribution in [3.8, 4) is 5.75 Å². The fourth-order valence-electron chi connectivity index (χ4n) is 2.42. The molecule has 4 nitrogen and oxygen atoms in total. The van der Waals surface area contributed by atoms with Crippen molar-refractivity contribution in [2.75, 3.05) is 19.7 Å². The summed E-state index contributed by atoms with van der Waals surface area (Å²) in [6, 6.07) is 5.75. The number of amides is 2. The second kappa shape index (κ2) is 9.07. The highest BCUT2D eigenvalue weighted by atomic mass is 19.1. The fraction of sp³-hybridized carbons (Fsp3) is 0.471. The lowest BCUT2D eigenvalue weighted by molar-refractivity contribution is 0.236. The lowest BCUT2D eigenvalue weighted by atomic mass is 9.97. The lowest BCUT2D eigenvalue weighted by Gasteiger charge is -2.13. The van der Waals surface area contributed by atoms with Crippen LogP contribution >= 0.6 is 0 Å². The molecule has 22 heavy (non-hydrogen) atoms. The van der Waals surface area contributed by atoms with E-state index in [1.165, 1.54) is 37.0 Å². The zero-order valence-electron chi connectivity index (χ0n) is 12.7. The van der Waals surface area contributed by atoms with Gasteiger partial charge in [0.05, 0.1) is 6.54 Å². The number of rotatable bonds is 7. The molecule has 2 rings (SSSR count). The maximum absolute atomic E-state index is 12.9. The van der Waals surface area contributed by atoms with Crippen LogP contribution in [0.25, 0.3) is 0 Å². The SMILES string of the molecule is O=C(NCCOc1cccc(F)c1)NCCC1=CCCCC1. The smallest absolute Gasteiger partial charge is 0.314 e. The van der Waals surface area contributed by atoms with Crippen molar-refractivity contribution < 1.29 is 13.9 Å². The summed E-state index contributed by atoms with van der Waals surface area (Å²) in [4.78, 5) is 11.6. The van der Waals surface area contributed by atoms with Crippen LogP contribution in [0.5, 0.6) is 5.75 Å². The van der Waals surface area contributed by atoms with Crippen molar-refractivity contribution in [3.63, 3.8) is 0 Å². The van der Waals surface area contributed by atoms with E-state index in [1.807, 2.05) is 0 Å². The molecule has 0 saturated heterocycles. The van der Waals surface area contributed by atoms with Gasteiger partial charge < -0.3 is 15.4 Å². The first kappa shape index (κ1) is 16.3. The largest absolute Gasteiger partial charge is 0.492 e. The van der Waals surface area contributed by atoms with Gasteiger partial charge in [0.2, 0.25) is 0 Å². The Labute approximate surface area is 130 Å². The number of nitrogens with one attached hydrogen (secondary N) is 2. The molecule has 1 aromatic rings. The van der Waals surface area contributed by atoms with Crippen molar-refractivity contribution >= 4 is 6.03 Å². The number of allylic oxidation sites excluding steroid dienone is 1. The molecule has 120 valence electrons. The number of hydrogen-bond acceptors (Lipinski definition) is 2. The number of halogens is 1. The van der Waals surface area contributed by atoms with Crippen LogP contribution in [0, 0.1) is 5.82 Å². The Hall–Kier alpha value is -2.04. The van der Waals surface area contributed by atoms with Gasteiger partial charge in [-0.25, -0.2) is 9.18 Å². The molecule has 2 amide bonds. The molecular weight excluding hydrogens is 283 g/mol. The molecule has 1 aromatic carbocycles. The highest BCUT2D eigenvalue weighted by Gasteiger charge is 2.04. The summed E-state index contributed by atoms with van der Waals surface area (Å²) in [5.74, 6) is 0.131. The van der Waals surface area contributed by atoms with Crippen LogP contribution in [0.2, 0.25) is 0 Å². The molecular formula is C17H23FN2O2. The van der Waals surface area contributed by atoms with Gasteiger partial charge in [-0.3, -0.25) is 0 Å². The summed E-state index contributed by atoms with van der Waals surface area (Å²) < 4.78 is 18.3. The molecule has 0 bridgehead atoms. The lowest BCUT2D eigenvalue weighted by Crippen LogP contribution is -2.38. The van der Waals surface area contributed by atoms with Crippen molar-refractivity contribution in [2.45, 2.75) is 32.1 Å². The van der Waals surface area contributed by atoms with Gasteiger partial charge in [-0.05, 0) is 44.2 Å². The van der Waals surface area contributed by atoms with E-state index in [2.05, 4.69) is 16.7 Å². The van der Waals surface area contributed by atoms with Gasteiger partial charge in [-0.2, -0.15) is 0 Å². The Bertz CT molecular complexity index is 517. The Morgan fingerprint density at radius 3 is 2.86 bits per heavy atom. The maximum atomic E-state index is 12.9. The number of urea groups is 1. The van der Waals surface area contributed by atoms with Crippen LogP contribution in [0.3, 0.4) is 0 Å². The van der Waals surface area contributed by atoms with Gasteiger partial charge in [0.15, 0.2) is 0 Å². The molecule has 0 aromatic heterocycles. The van der Waals surface area contributed by atoms with E-state index in [9.17, 15) is 9.18 Å². The third-order valence-corrected chi connectivity index (χ3v) is 3.57. The van der Waals surface area contributed by atoms with Crippen LogP contribution in [0.1, 0.15) is 32.1 Å². The Balaban J connectivity index is 1.53. The number of carbonyl (C=O) groups excluding carboxylic acids is 1. The van der Waals surface area contributed by atoms with Gasteiger partial charge in [0, 0.05) is 12.6 Å². The fourth-order valence-corrected chi connectivity index (χ4v) is 2.42. The molecule has 0 aliphatic heterocycles. The molecule has 2 N–H and O–H groups in total. The third kappa shape index (κ3) is 6.16. The van der Waals surface area contributed by atoms with Crippen LogP contribution < -0.4 is 15.4 Å². The van der Waals surface area contributed by atoms with Crippen molar-refractivity contribution in [3.05, 3.63) is 41.7 Å². The standard InChI is InChI=1S/C17H23FN2O2/c18-15-7-4-8-16(13-15)22-12-11-20-17(21)19-10-9-14-5-2-1-3-6-14/h4-5,7-8,13H,1-3,6,9-12H2,(H2,19,20,21). The predicted molar refractivity (Wildman–Crippen MR) is 84.5 cm³/mol. The zero-order valence-corrected chi connectivity index (χ0v) is 12.7. The van der Waals surface area contributed by atoms with Crippen LogP contribution in [-0.4, -0.2) is 25.7 Å². The zero-order chi connectivity index (χ0) is 15.6. The number of ether oxygens (including phenoxy) is 1. The molecule has 0 radical (unpaired) electrons. The van der Waals surface area contributed by atoms with Gasteiger partial charge in [0.1, 0.15) is 18.2 Å². The van der Waals surface area contributed by atoms with E-state index < -0.39 is 0 Å². The first-order chi connectivity index (χ1) is 10.7.